The summed E-state index contributed by atoms with van der Waals surface area (Å²) in [6.45, 7) is 7.18. The highest BCUT2D eigenvalue weighted by Crippen LogP contribution is 2.51. The van der Waals surface area contributed by atoms with Crippen LogP contribution in [0.5, 0.6) is 0 Å². The van der Waals surface area contributed by atoms with Gasteiger partial charge in [-0.05, 0) is 37.8 Å². The SMILES string of the molecule is C=C/C(=C\N=C)n1cc(-c2cccc(C3(Cl)CC3)n2)cn1. The van der Waals surface area contributed by atoms with Gasteiger partial charge in [0.05, 0.1) is 34.4 Å². The van der Waals surface area contributed by atoms with Gasteiger partial charge in [-0.15, -0.1) is 11.6 Å². The summed E-state index contributed by atoms with van der Waals surface area (Å²) in [4.78, 5) is 8.14. The van der Waals surface area contributed by atoms with Gasteiger partial charge < -0.3 is 0 Å². The minimum absolute atomic E-state index is 0.259. The highest BCUT2D eigenvalue weighted by Gasteiger charge is 2.43. The van der Waals surface area contributed by atoms with Crippen LogP contribution >= 0.6 is 11.6 Å². The minimum Gasteiger partial charge on any atom is -0.270 e. The molecule has 0 N–H and O–H groups in total. The van der Waals surface area contributed by atoms with Crippen LogP contribution in [0.15, 0.2) is 54.4 Å². The average molecular weight is 299 g/mol. The van der Waals surface area contributed by atoms with Crippen LogP contribution in [0.25, 0.3) is 17.0 Å². The van der Waals surface area contributed by atoms with Gasteiger partial charge in [0.25, 0.3) is 0 Å². The summed E-state index contributed by atoms with van der Waals surface area (Å²) in [5.41, 5.74) is 3.47. The third kappa shape index (κ3) is 2.67. The van der Waals surface area contributed by atoms with Crippen molar-refractivity contribution in [3.8, 4) is 11.3 Å². The Balaban J connectivity index is 1.95. The van der Waals surface area contributed by atoms with Crippen molar-refractivity contribution in [2.45, 2.75) is 17.7 Å². The summed E-state index contributed by atoms with van der Waals surface area (Å²) in [7, 11) is 0. The van der Waals surface area contributed by atoms with E-state index in [9.17, 15) is 0 Å². The van der Waals surface area contributed by atoms with Crippen LogP contribution in [0.4, 0.5) is 0 Å². The molecule has 5 heteroatoms. The molecule has 0 aliphatic heterocycles. The molecule has 2 aromatic heterocycles. The molecule has 0 atom stereocenters. The van der Waals surface area contributed by atoms with E-state index in [2.05, 4.69) is 28.4 Å². The van der Waals surface area contributed by atoms with E-state index >= 15 is 0 Å². The van der Waals surface area contributed by atoms with E-state index in [-0.39, 0.29) is 4.87 Å². The number of aromatic nitrogens is 3. The summed E-state index contributed by atoms with van der Waals surface area (Å²) in [5, 5.41) is 4.31. The van der Waals surface area contributed by atoms with Gasteiger partial charge in [-0.2, -0.15) is 5.10 Å². The van der Waals surface area contributed by atoms with Gasteiger partial charge >= 0.3 is 0 Å². The maximum absolute atomic E-state index is 6.42. The first-order chi connectivity index (χ1) is 10.2. The molecule has 1 aliphatic carbocycles. The first-order valence-electron chi connectivity index (χ1n) is 6.66. The van der Waals surface area contributed by atoms with Crippen molar-refractivity contribution in [2.75, 3.05) is 0 Å². The van der Waals surface area contributed by atoms with Gasteiger partial charge in [0, 0.05) is 11.8 Å². The zero-order valence-corrected chi connectivity index (χ0v) is 12.3. The Hall–Kier alpha value is -2.20. The Morgan fingerprint density at radius 1 is 1.43 bits per heavy atom. The molecule has 1 aliphatic rings. The number of nitrogens with zero attached hydrogens (tertiary/aromatic N) is 4. The fraction of sp³-hybridized carbons (Fsp3) is 0.188. The summed E-state index contributed by atoms with van der Waals surface area (Å²) in [5.74, 6) is 0. The predicted molar refractivity (Wildman–Crippen MR) is 86.2 cm³/mol. The molecule has 3 rings (SSSR count). The number of alkyl halides is 1. The van der Waals surface area contributed by atoms with E-state index in [1.165, 1.54) is 0 Å². The molecule has 1 saturated carbocycles. The van der Waals surface area contributed by atoms with Crippen molar-refractivity contribution in [2.24, 2.45) is 4.99 Å². The molecule has 0 saturated heterocycles. The monoisotopic (exact) mass is 298 g/mol. The van der Waals surface area contributed by atoms with Gasteiger partial charge in [-0.1, -0.05) is 12.6 Å². The molecule has 0 spiro atoms. The number of aliphatic imine (C=N–C) groups is 1. The number of halogens is 1. The molecule has 0 bridgehead atoms. The smallest absolute Gasteiger partial charge is 0.0867 e. The van der Waals surface area contributed by atoms with Crippen LogP contribution in [-0.4, -0.2) is 21.5 Å². The van der Waals surface area contributed by atoms with E-state index in [0.717, 1.165) is 35.5 Å². The first kappa shape index (κ1) is 13.8. The Labute approximate surface area is 128 Å². The van der Waals surface area contributed by atoms with Crippen molar-refractivity contribution >= 4 is 24.0 Å². The summed E-state index contributed by atoms with van der Waals surface area (Å²) < 4.78 is 1.69. The second-order valence-corrected chi connectivity index (χ2v) is 5.71. The molecule has 106 valence electrons. The van der Waals surface area contributed by atoms with Gasteiger partial charge in [-0.25, -0.2) is 4.68 Å². The molecule has 21 heavy (non-hydrogen) atoms. The zero-order valence-electron chi connectivity index (χ0n) is 11.5. The third-order valence-corrected chi connectivity index (χ3v) is 4.04. The van der Waals surface area contributed by atoms with Crippen LogP contribution in [0.3, 0.4) is 0 Å². The van der Waals surface area contributed by atoms with Crippen LogP contribution in [0.1, 0.15) is 18.5 Å². The lowest BCUT2D eigenvalue weighted by Crippen LogP contribution is -2.00. The van der Waals surface area contributed by atoms with Crippen LogP contribution in [0.2, 0.25) is 0 Å². The van der Waals surface area contributed by atoms with E-state index in [1.54, 1.807) is 23.2 Å². The van der Waals surface area contributed by atoms with Crippen LogP contribution < -0.4 is 0 Å². The van der Waals surface area contributed by atoms with Crippen molar-refractivity contribution in [1.29, 1.82) is 0 Å². The van der Waals surface area contributed by atoms with Crippen LogP contribution in [0, 0.1) is 0 Å². The topological polar surface area (TPSA) is 43.1 Å². The molecule has 0 aromatic carbocycles. The quantitative estimate of drug-likeness (QED) is 0.478. The van der Waals surface area contributed by atoms with Gasteiger partial charge in [-0.3, -0.25) is 9.98 Å². The lowest BCUT2D eigenvalue weighted by molar-refractivity contribution is 0.908. The van der Waals surface area contributed by atoms with E-state index in [4.69, 9.17) is 11.6 Å². The number of allylic oxidation sites excluding steroid dienone is 2. The molecule has 4 nitrogen and oxygen atoms in total. The minimum atomic E-state index is -0.259. The van der Waals surface area contributed by atoms with Crippen molar-refractivity contribution < 1.29 is 0 Å². The van der Waals surface area contributed by atoms with Crippen molar-refractivity contribution in [1.82, 2.24) is 14.8 Å². The summed E-state index contributed by atoms with van der Waals surface area (Å²) in [6, 6.07) is 5.91. The number of rotatable bonds is 5. The number of hydrogen-bond acceptors (Lipinski definition) is 3. The highest BCUT2D eigenvalue weighted by molar-refractivity contribution is 6.25. The van der Waals surface area contributed by atoms with Gasteiger partial charge in [0.1, 0.15) is 0 Å². The average Bonchev–Trinajstić information content (AvgIpc) is 3.08. The summed E-state index contributed by atoms with van der Waals surface area (Å²) >= 11 is 6.42. The maximum atomic E-state index is 6.42. The molecule has 2 heterocycles. The fourth-order valence-corrected chi connectivity index (χ4v) is 2.31. The lowest BCUT2D eigenvalue weighted by Gasteiger charge is -2.06. The molecular formula is C16H15ClN4. The van der Waals surface area contributed by atoms with E-state index < -0.39 is 0 Å². The molecule has 2 aromatic rings. The second kappa shape index (κ2) is 5.30. The van der Waals surface area contributed by atoms with Crippen LogP contribution in [-0.2, 0) is 4.87 Å². The Morgan fingerprint density at radius 2 is 2.24 bits per heavy atom. The molecule has 0 unspecified atom stereocenters. The lowest BCUT2D eigenvalue weighted by atomic mass is 10.2. The third-order valence-electron chi connectivity index (χ3n) is 3.47. The number of pyridine rings is 1. The Bertz CT molecular complexity index is 725. The Kier molecular flexibility index (Phi) is 3.47. The Morgan fingerprint density at radius 3 is 2.90 bits per heavy atom. The number of hydrogen-bond donors (Lipinski definition) is 0. The predicted octanol–water partition coefficient (Wildman–Crippen LogP) is 3.86. The maximum Gasteiger partial charge on any atom is 0.0867 e. The molecule has 0 amide bonds. The first-order valence-corrected chi connectivity index (χ1v) is 7.04. The fourth-order valence-electron chi connectivity index (χ4n) is 2.11. The molecular weight excluding hydrogens is 284 g/mol. The van der Waals surface area contributed by atoms with E-state index in [0.29, 0.717) is 0 Å². The van der Waals surface area contributed by atoms with E-state index in [1.807, 2.05) is 24.4 Å². The standard InChI is InChI=1S/C16H15ClN4/c1-3-13(10-18-2)21-11-12(9-19-21)14-5-4-6-15(20-14)16(17)7-8-16/h3-6,9-11H,1-2,7-8H2/b13-10+. The second-order valence-electron chi connectivity index (χ2n) is 4.99. The zero-order chi connectivity index (χ0) is 14.9. The van der Waals surface area contributed by atoms with Gasteiger partial charge in [0.2, 0.25) is 0 Å². The normalized spacial score (nSPS) is 16.5. The molecule has 0 radical (unpaired) electrons. The summed E-state index contributed by atoms with van der Waals surface area (Å²) in [6.07, 6.45) is 8.90. The highest BCUT2D eigenvalue weighted by atomic mass is 35.5. The van der Waals surface area contributed by atoms with Crippen molar-refractivity contribution in [3.05, 3.63) is 55.1 Å². The van der Waals surface area contributed by atoms with Gasteiger partial charge in [0.15, 0.2) is 0 Å². The molecule has 1 fully saturated rings. The van der Waals surface area contributed by atoms with Crippen molar-refractivity contribution in [3.63, 3.8) is 0 Å². The largest absolute Gasteiger partial charge is 0.270 e.